The maximum atomic E-state index is 11.5. The van der Waals surface area contributed by atoms with Gasteiger partial charge in [-0.3, -0.25) is 20.4 Å². The van der Waals surface area contributed by atoms with E-state index in [0.29, 0.717) is 0 Å². The summed E-state index contributed by atoms with van der Waals surface area (Å²) in [4.78, 5) is 22.6. The minimum absolute atomic E-state index is 0.000507. The van der Waals surface area contributed by atoms with Crippen molar-refractivity contribution in [1.29, 1.82) is 0 Å². The fraction of sp³-hybridized carbons (Fsp3) is 0.818. The molecule has 0 unspecified atom stereocenters. The lowest BCUT2D eigenvalue weighted by Crippen LogP contribution is -2.39. The average Bonchev–Trinajstić information content (AvgIpc) is 2.39. The van der Waals surface area contributed by atoms with Crippen molar-refractivity contribution in [3.63, 3.8) is 0 Å². The minimum Gasteiger partial charge on any atom is -0.391 e. The Bertz CT molecular complexity index is 286. The Balaban J connectivity index is 4.26. The number of rotatable bonds is 9. The lowest BCUT2D eigenvalue weighted by molar-refractivity contribution is -0.127. The van der Waals surface area contributed by atoms with Crippen LogP contribution in [0.2, 0.25) is 0 Å². The Morgan fingerprint density at radius 1 is 1.26 bits per heavy atom. The molecule has 0 aliphatic heterocycles. The second-order valence-corrected chi connectivity index (χ2v) is 4.58. The van der Waals surface area contributed by atoms with Crippen molar-refractivity contribution < 1.29 is 19.4 Å². The van der Waals surface area contributed by atoms with Gasteiger partial charge in [-0.25, -0.2) is 11.7 Å². The van der Waals surface area contributed by atoms with Gasteiger partial charge in [-0.15, -0.1) is 0 Å². The molecule has 0 spiro atoms. The van der Waals surface area contributed by atoms with Crippen LogP contribution in [0.15, 0.2) is 0 Å². The Labute approximate surface area is 112 Å². The zero-order valence-corrected chi connectivity index (χ0v) is 11.4. The third kappa shape index (κ3) is 8.49. The summed E-state index contributed by atoms with van der Waals surface area (Å²) in [5.41, 5.74) is 4.00. The normalized spacial score (nSPS) is 14.0. The van der Waals surface area contributed by atoms with Gasteiger partial charge in [0.05, 0.1) is 18.8 Å². The highest BCUT2D eigenvalue weighted by molar-refractivity contribution is 5.80. The molecule has 0 aromatic rings. The molecule has 0 fully saturated rings. The molecule has 19 heavy (non-hydrogen) atoms. The summed E-state index contributed by atoms with van der Waals surface area (Å²) in [6.45, 7) is 3.83. The number of nitrogens with two attached hydrogens (primary N) is 2. The molecule has 0 saturated heterocycles. The van der Waals surface area contributed by atoms with Gasteiger partial charge in [0.2, 0.25) is 11.8 Å². The SMILES string of the molecule is CC(C)OC[C@H](O)C[C@H](CCC(=O)NN)C(=O)NN. The zero-order valence-electron chi connectivity index (χ0n) is 11.4. The van der Waals surface area contributed by atoms with Gasteiger partial charge in [-0.2, -0.15) is 0 Å². The van der Waals surface area contributed by atoms with Crippen LogP contribution in [0.25, 0.3) is 0 Å². The second-order valence-electron chi connectivity index (χ2n) is 4.58. The highest BCUT2D eigenvalue weighted by atomic mass is 16.5. The van der Waals surface area contributed by atoms with Gasteiger partial charge >= 0.3 is 0 Å². The van der Waals surface area contributed by atoms with Crippen LogP contribution in [0.5, 0.6) is 0 Å². The standard InChI is InChI=1S/C11H24N4O4/c1-7(2)19-6-9(16)5-8(11(18)15-13)3-4-10(17)14-12/h7-9,16H,3-6,12-13H2,1-2H3,(H,14,17)(H,15,18)/t8-,9+/m0/s1. The Hall–Kier alpha value is -1.22. The van der Waals surface area contributed by atoms with E-state index in [1.807, 2.05) is 24.7 Å². The Morgan fingerprint density at radius 3 is 2.37 bits per heavy atom. The number of carbonyl (C=O) groups is 2. The van der Waals surface area contributed by atoms with Crippen molar-refractivity contribution >= 4 is 11.8 Å². The molecule has 0 radical (unpaired) electrons. The molecule has 2 atom stereocenters. The zero-order chi connectivity index (χ0) is 14.8. The number of aliphatic hydroxyl groups excluding tert-OH is 1. The topological polar surface area (TPSA) is 140 Å². The van der Waals surface area contributed by atoms with Crippen molar-refractivity contribution in [2.75, 3.05) is 6.61 Å². The molecule has 0 aromatic heterocycles. The summed E-state index contributed by atoms with van der Waals surface area (Å²) < 4.78 is 5.25. The van der Waals surface area contributed by atoms with Crippen molar-refractivity contribution in [2.24, 2.45) is 17.6 Å². The van der Waals surface area contributed by atoms with E-state index in [-0.39, 0.29) is 37.9 Å². The molecule has 0 aliphatic carbocycles. The minimum atomic E-state index is -0.786. The number of carbonyl (C=O) groups excluding carboxylic acids is 2. The number of hydrogen-bond donors (Lipinski definition) is 5. The van der Waals surface area contributed by atoms with E-state index in [9.17, 15) is 14.7 Å². The van der Waals surface area contributed by atoms with Crippen LogP contribution in [0, 0.1) is 5.92 Å². The third-order valence-electron chi connectivity index (χ3n) is 2.57. The summed E-state index contributed by atoms with van der Waals surface area (Å²) in [5, 5.41) is 9.76. The van der Waals surface area contributed by atoms with E-state index in [1.165, 1.54) is 0 Å². The first-order valence-electron chi connectivity index (χ1n) is 6.20. The van der Waals surface area contributed by atoms with Crippen LogP contribution in [-0.2, 0) is 14.3 Å². The Morgan fingerprint density at radius 2 is 1.89 bits per heavy atom. The summed E-state index contributed by atoms with van der Waals surface area (Å²) in [7, 11) is 0. The summed E-state index contributed by atoms with van der Waals surface area (Å²) in [6.07, 6.45) is -0.268. The van der Waals surface area contributed by atoms with Crippen molar-refractivity contribution in [2.45, 2.75) is 45.3 Å². The quantitative estimate of drug-likeness (QED) is 0.198. The van der Waals surface area contributed by atoms with E-state index in [1.54, 1.807) is 0 Å². The monoisotopic (exact) mass is 276 g/mol. The first kappa shape index (κ1) is 17.8. The maximum Gasteiger partial charge on any atom is 0.237 e. The van der Waals surface area contributed by atoms with E-state index >= 15 is 0 Å². The van der Waals surface area contributed by atoms with Crippen LogP contribution in [-0.4, -0.2) is 35.7 Å². The van der Waals surface area contributed by atoms with E-state index in [4.69, 9.17) is 16.4 Å². The molecule has 8 heteroatoms. The molecule has 0 bridgehead atoms. The highest BCUT2D eigenvalue weighted by Crippen LogP contribution is 2.14. The fourth-order valence-electron chi connectivity index (χ4n) is 1.55. The number of hydrogen-bond acceptors (Lipinski definition) is 6. The molecule has 112 valence electrons. The number of hydrazine groups is 2. The van der Waals surface area contributed by atoms with Gasteiger partial charge in [-0.1, -0.05) is 0 Å². The van der Waals surface area contributed by atoms with Crippen LogP contribution in [0.3, 0.4) is 0 Å². The second kappa shape index (κ2) is 9.68. The van der Waals surface area contributed by atoms with Gasteiger partial charge in [0, 0.05) is 12.3 Å². The first-order chi connectivity index (χ1) is 8.90. The maximum absolute atomic E-state index is 11.5. The van der Waals surface area contributed by atoms with Crippen molar-refractivity contribution in [1.82, 2.24) is 10.9 Å². The molecule has 2 amide bonds. The smallest absolute Gasteiger partial charge is 0.237 e. The van der Waals surface area contributed by atoms with E-state index in [2.05, 4.69) is 0 Å². The summed E-state index contributed by atoms with van der Waals surface area (Å²) in [5.74, 6) is 8.67. The van der Waals surface area contributed by atoms with Gasteiger partial charge in [0.15, 0.2) is 0 Å². The van der Waals surface area contributed by atoms with Crippen molar-refractivity contribution in [3.05, 3.63) is 0 Å². The number of amides is 2. The summed E-state index contributed by atoms with van der Waals surface area (Å²) >= 11 is 0. The summed E-state index contributed by atoms with van der Waals surface area (Å²) in [6, 6.07) is 0. The Kier molecular flexibility index (Phi) is 9.06. The molecular weight excluding hydrogens is 252 g/mol. The third-order valence-corrected chi connectivity index (χ3v) is 2.57. The number of nitrogens with one attached hydrogen (secondary N) is 2. The first-order valence-corrected chi connectivity index (χ1v) is 6.20. The van der Waals surface area contributed by atoms with Crippen LogP contribution < -0.4 is 22.5 Å². The molecule has 0 heterocycles. The van der Waals surface area contributed by atoms with Crippen molar-refractivity contribution in [3.8, 4) is 0 Å². The molecule has 0 rings (SSSR count). The molecule has 0 aliphatic rings. The molecular formula is C11H24N4O4. The lowest BCUT2D eigenvalue weighted by atomic mass is 9.95. The largest absolute Gasteiger partial charge is 0.391 e. The number of aliphatic hydroxyl groups is 1. The lowest BCUT2D eigenvalue weighted by Gasteiger charge is -2.19. The van der Waals surface area contributed by atoms with Gasteiger partial charge in [0.25, 0.3) is 0 Å². The van der Waals surface area contributed by atoms with Crippen LogP contribution in [0.4, 0.5) is 0 Å². The predicted octanol–water partition coefficient (Wildman–Crippen LogP) is -1.46. The average molecular weight is 276 g/mol. The van der Waals surface area contributed by atoms with E-state index < -0.39 is 17.9 Å². The van der Waals surface area contributed by atoms with Crippen LogP contribution in [0.1, 0.15) is 33.1 Å². The molecule has 0 aromatic carbocycles. The van der Waals surface area contributed by atoms with Crippen LogP contribution >= 0.6 is 0 Å². The number of ether oxygens (including phenoxy) is 1. The molecule has 8 nitrogen and oxygen atoms in total. The van der Waals surface area contributed by atoms with Gasteiger partial charge in [0.1, 0.15) is 0 Å². The molecule has 0 saturated carbocycles. The highest BCUT2D eigenvalue weighted by Gasteiger charge is 2.22. The predicted molar refractivity (Wildman–Crippen MR) is 69.1 cm³/mol. The molecule has 7 N–H and O–H groups in total. The fourth-order valence-corrected chi connectivity index (χ4v) is 1.55. The van der Waals surface area contributed by atoms with Gasteiger partial charge in [-0.05, 0) is 26.7 Å². The van der Waals surface area contributed by atoms with Gasteiger partial charge < -0.3 is 9.84 Å². The van der Waals surface area contributed by atoms with E-state index in [0.717, 1.165) is 0 Å².